The Hall–Kier alpha value is -1.24. The van der Waals surface area contributed by atoms with Gasteiger partial charge in [0.15, 0.2) is 0 Å². The van der Waals surface area contributed by atoms with Crippen LogP contribution in [0.3, 0.4) is 0 Å². The van der Waals surface area contributed by atoms with E-state index < -0.39 is 0 Å². The van der Waals surface area contributed by atoms with Crippen LogP contribution in [0.4, 0.5) is 5.95 Å². The predicted octanol–water partition coefficient (Wildman–Crippen LogP) is 0.869. The van der Waals surface area contributed by atoms with Crippen molar-refractivity contribution in [2.45, 2.75) is 38.3 Å². The van der Waals surface area contributed by atoms with E-state index in [1.807, 2.05) is 12.4 Å². The topological polar surface area (TPSA) is 64.5 Å². The molecule has 128 valence electrons. The number of hydrogen-bond acceptors (Lipinski definition) is 6. The number of anilines is 1. The van der Waals surface area contributed by atoms with Crippen LogP contribution in [0.1, 0.15) is 31.2 Å². The normalized spacial score (nSPS) is 26.4. The second-order valence-corrected chi connectivity index (χ2v) is 6.96. The molecule has 0 amide bonds. The van der Waals surface area contributed by atoms with E-state index >= 15 is 0 Å². The summed E-state index contributed by atoms with van der Waals surface area (Å²) in [7, 11) is 2.15. The maximum absolute atomic E-state index is 9.19. The van der Waals surface area contributed by atoms with Gasteiger partial charge >= 0.3 is 0 Å². The SMILES string of the molecule is CN1CCN(c2ncc(CNC3CCC(CO)CC3)cn2)CC1. The molecule has 1 saturated heterocycles. The van der Waals surface area contributed by atoms with Crippen LogP contribution in [-0.4, -0.2) is 65.8 Å². The van der Waals surface area contributed by atoms with E-state index in [2.05, 4.69) is 32.1 Å². The fraction of sp³-hybridized carbons (Fsp3) is 0.765. The molecule has 2 N–H and O–H groups in total. The number of rotatable bonds is 5. The molecule has 2 fully saturated rings. The molecule has 23 heavy (non-hydrogen) atoms. The smallest absolute Gasteiger partial charge is 0.225 e. The molecular formula is C17H29N5O. The molecule has 6 nitrogen and oxygen atoms in total. The van der Waals surface area contributed by atoms with Crippen LogP contribution < -0.4 is 10.2 Å². The maximum atomic E-state index is 9.19. The highest BCUT2D eigenvalue weighted by Gasteiger charge is 2.20. The van der Waals surface area contributed by atoms with Crippen molar-refractivity contribution >= 4 is 5.95 Å². The van der Waals surface area contributed by atoms with E-state index in [0.717, 1.165) is 69.9 Å². The third-order valence-corrected chi connectivity index (χ3v) is 5.18. The van der Waals surface area contributed by atoms with Crippen molar-refractivity contribution in [1.82, 2.24) is 20.2 Å². The molecule has 3 rings (SSSR count). The Morgan fingerprint density at radius 3 is 2.35 bits per heavy atom. The highest BCUT2D eigenvalue weighted by molar-refractivity contribution is 5.30. The van der Waals surface area contributed by atoms with Crippen LogP contribution in [0.5, 0.6) is 0 Å². The van der Waals surface area contributed by atoms with Gasteiger partial charge in [-0.3, -0.25) is 0 Å². The standard InChI is InChI=1S/C17H29N5O/c1-21-6-8-22(9-7-21)17-19-11-15(12-20-17)10-18-16-4-2-14(13-23)3-5-16/h11-12,14,16,18,23H,2-10,13H2,1H3. The maximum Gasteiger partial charge on any atom is 0.225 e. The molecule has 0 unspecified atom stereocenters. The van der Waals surface area contributed by atoms with E-state index in [1.54, 1.807) is 0 Å². The fourth-order valence-corrected chi connectivity index (χ4v) is 3.42. The minimum atomic E-state index is 0.342. The number of nitrogens with one attached hydrogen (secondary N) is 1. The summed E-state index contributed by atoms with van der Waals surface area (Å²) in [4.78, 5) is 13.7. The Balaban J connectivity index is 1.44. The van der Waals surface area contributed by atoms with Crippen LogP contribution >= 0.6 is 0 Å². The molecule has 0 bridgehead atoms. The first-order valence-electron chi connectivity index (χ1n) is 8.83. The van der Waals surface area contributed by atoms with Crippen molar-refractivity contribution in [3.8, 4) is 0 Å². The minimum absolute atomic E-state index is 0.342. The van der Waals surface area contributed by atoms with Crippen LogP contribution in [0.2, 0.25) is 0 Å². The molecule has 1 aliphatic heterocycles. The molecule has 1 aromatic heterocycles. The van der Waals surface area contributed by atoms with Crippen molar-refractivity contribution in [3.05, 3.63) is 18.0 Å². The van der Waals surface area contributed by atoms with Crippen molar-refractivity contribution < 1.29 is 5.11 Å². The largest absolute Gasteiger partial charge is 0.396 e. The minimum Gasteiger partial charge on any atom is -0.396 e. The summed E-state index contributed by atoms with van der Waals surface area (Å²) >= 11 is 0. The average molecular weight is 319 g/mol. The predicted molar refractivity (Wildman–Crippen MR) is 91.4 cm³/mol. The zero-order valence-electron chi connectivity index (χ0n) is 14.1. The molecule has 1 saturated carbocycles. The summed E-state index contributed by atoms with van der Waals surface area (Å²) < 4.78 is 0. The summed E-state index contributed by atoms with van der Waals surface area (Å²) in [5, 5.41) is 12.8. The molecule has 6 heteroatoms. The van der Waals surface area contributed by atoms with Crippen LogP contribution in [0.25, 0.3) is 0 Å². The zero-order chi connectivity index (χ0) is 16.1. The number of aliphatic hydroxyl groups excluding tert-OH is 1. The number of hydrogen-bond donors (Lipinski definition) is 2. The summed E-state index contributed by atoms with van der Waals surface area (Å²) in [6.07, 6.45) is 8.48. The van der Waals surface area contributed by atoms with E-state index in [0.29, 0.717) is 18.6 Å². The quantitative estimate of drug-likeness (QED) is 0.840. The molecule has 0 radical (unpaired) electrons. The van der Waals surface area contributed by atoms with Crippen LogP contribution in [-0.2, 0) is 6.54 Å². The van der Waals surface area contributed by atoms with Crippen molar-refractivity contribution in [2.75, 3.05) is 44.7 Å². The van der Waals surface area contributed by atoms with Gasteiger partial charge in [0, 0.05) is 63.3 Å². The van der Waals surface area contributed by atoms with Gasteiger partial charge < -0.3 is 20.2 Å². The number of piperazine rings is 1. The number of aliphatic hydroxyl groups is 1. The Kier molecular flexibility index (Phi) is 5.80. The lowest BCUT2D eigenvalue weighted by atomic mass is 9.86. The first-order chi connectivity index (χ1) is 11.2. The van der Waals surface area contributed by atoms with Gasteiger partial charge in [-0.05, 0) is 38.6 Å². The van der Waals surface area contributed by atoms with E-state index in [4.69, 9.17) is 0 Å². The molecular weight excluding hydrogens is 290 g/mol. The van der Waals surface area contributed by atoms with Gasteiger partial charge in [0.1, 0.15) is 0 Å². The van der Waals surface area contributed by atoms with Crippen molar-refractivity contribution in [1.29, 1.82) is 0 Å². The second-order valence-electron chi connectivity index (χ2n) is 6.96. The van der Waals surface area contributed by atoms with Gasteiger partial charge in [0.05, 0.1) is 0 Å². The highest BCUT2D eigenvalue weighted by atomic mass is 16.3. The van der Waals surface area contributed by atoms with Gasteiger partial charge in [0.25, 0.3) is 0 Å². The van der Waals surface area contributed by atoms with E-state index in [-0.39, 0.29) is 0 Å². The Morgan fingerprint density at radius 1 is 1.09 bits per heavy atom. The lowest BCUT2D eigenvalue weighted by Crippen LogP contribution is -2.45. The molecule has 0 aromatic carbocycles. The molecule has 1 aliphatic carbocycles. The van der Waals surface area contributed by atoms with Crippen LogP contribution in [0, 0.1) is 5.92 Å². The molecule has 0 atom stereocenters. The Labute approximate surface area is 138 Å². The summed E-state index contributed by atoms with van der Waals surface area (Å²) in [5.74, 6) is 1.37. The summed E-state index contributed by atoms with van der Waals surface area (Å²) in [5.41, 5.74) is 1.15. The first kappa shape index (κ1) is 16.6. The number of aromatic nitrogens is 2. The number of likely N-dealkylation sites (N-methyl/N-ethyl adjacent to an activating group) is 1. The van der Waals surface area contributed by atoms with E-state index in [9.17, 15) is 5.11 Å². The Morgan fingerprint density at radius 2 is 1.74 bits per heavy atom. The van der Waals surface area contributed by atoms with Gasteiger partial charge in [-0.25, -0.2) is 9.97 Å². The summed E-state index contributed by atoms with van der Waals surface area (Å²) in [6.45, 7) is 5.32. The van der Waals surface area contributed by atoms with Crippen molar-refractivity contribution in [2.24, 2.45) is 5.92 Å². The van der Waals surface area contributed by atoms with Gasteiger partial charge in [-0.1, -0.05) is 0 Å². The lowest BCUT2D eigenvalue weighted by Gasteiger charge is -2.32. The lowest BCUT2D eigenvalue weighted by molar-refractivity contribution is 0.175. The molecule has 1 aromatic rings. The Bertz CT molecular complexity index is 464. The highest BCUT2D eigenvalue weighted by Crippen LogP contribution is 2.23. The number of nitrogens with zero attached hydrogens (tertiary/aromatic N) is 4. The van der Waals surface area contributed by atoms with Gasteiger partial charge in [-0.2, -0.15) is 0 Å². The third-order valence-electron chi connectivity index (χ3n) is 5.18. The first-order valence-corrected chi connectivity index (χ1v) is 8.83. The second kappa shape index (κ2) is 8.04. The molecule has 0 spiro atoms. The zero-order valence-corrected chi connectivity index (χ0v) is 14.1. The van der Waals surface area contributed by atoms with Gasteiger partial charge in [0.2, 0.25) is 5.95 Å². The van der Waals surface area contributed by atoms with Crippen LogP contribution in [0.15, 0.2) is 12.4 Å². The molecule has 2 heterocycles. The molecule has 2 aliphatic rings. The monoisotopic (exact) mass is 319 g/mol. The van der Waals surface area contributed by atoms with E-state index in [1.165, 1.54) is 0 Å². The third kappa shape index (κ3) is 4.62. The van der Waals surface area contributed by atoms with Gasteiger partial charge in [-0.15, -0.1) is 0 Å². The summed E-state index contributed by atoms with van der Waals surface area (Å²) in [6, 6.07) is 0.565. The fourth-order valence-electron chi connectivity index (χ4n) is 3.42. The van der Waals surface area contributed by atoms with Crippen molar-refractivity contribution in [3.63, 3.8) is 0 Å². The average Bonchev–Trinajstić information content (AvgIpc) is 2.61.